The van der Waals surface area contributed by atoms with Crippen molar-refractivity contribution in [1.29, 1.82) is 0 Å². The second-order valence-corrected chi connectivity index (χ2v) is 3.99. The number of carbonyl (C=O) groups excluding carboxylic acids is 1. The third-order valence-electron chi connectivity index (χ3n) is 2.83. The molecule has 0 atom stereocenters. The highest BCUT2D eigenvalue weighted by Gasteiger charge is 2.14. The summed E-state index contributed by atoms with van der Waals surface area (Å²) in [7, 11) is 3.24. The molecule has 0 fully saturated rings. The van der Waals surface area contributed by atoms with Crippen LogP contribution in [0.15, 0.2) is 24.3 Å². The van der Waals surface area contributed by atoms with Crippen molar-refractivity contribution >= 4 is 5.78 Å². The van der Waals surface area contributed by atoms with Crippen molar-refractivity contribution in [3.63, 3.8) is 0 Å². The van der Waals surface area contributed by atoms with Crippen LogP contribution in [-0.2, 0) is 4.74 Å². The quantitative estimate of drug-likeness (QED) is 0.661. The summed E-state index contributed by atoms with van der Waals surface area (Å²) in [6.07, 6.45) is 0. The van der Waals surface area contributed by atoms with E-state index in [0.717, 1.165) is 13.1 Å². The van der Waals surface area contributed by atoms with Crippen LogP contribution in [0.2, 0.25) is 0 Å². The molecule has 0 aliphatic heterocycles. The first-order valence-electron chi connectivity index (χ1n) is 6.10. The van der Waals surface area contributed by atoms with E-state index in [-0.39, 0.29) is 5.78 Å². The summed E-state index contributed by atoms with van der Waals surface area (Å²) in [6, 6.07) is 7.31. The van der Waals surface area contributed by atoms with E-state index < -0.39 is 0 Å². The lowest BCUT2D eigenvalue weighted by atomic mass is 10.1. The van der Waals surface area contributed by atoms with Gasteiger partial charge in [-0.1, -0.05) is 19.1 Å². The standard InChI is InChI=1S/C14H21NO3/c1-4-15(9-10-17-2)11-13(16)12-7-5-6-8-14(12)18-3/h5-8H,4,9-11H2,1-3H3. The fourth-order valence-electron chi connectivity index (χ4n) is 1.73. The smallest absolute Gasteiger partial charge is 0.180 e. The van der Waals surface area contributed by atoms with Crippen LogP contribution in [0, 0.1) is 0 Å². The van der Waals surface area contributed by atoms with E-state index in [4.69, 9.17) is 9.47 Å². The average Bonchev–Trinajstić information content (AvgIpc) is 2.43. The highest BCUT2D eigenvalue weighted by molar-refractivity contribution is 6.00. The largest absolute Gasteiger partial charge is 0.496 e. The number of para-hydroxylation sites is 1. The first-order chi connectivity index (χ1) is 8.72. The maximum Gasteiger partial charge on any atom is 0.180 e. The van der Waals surface area contributed by atoms with Gasteiger partial charge in [-0.3, -0.25) is 9.69 Å². The second-order valence-electron chi connectivity index (χ2n) is 3.99. The summed E-state index contributed by atoms with van der Waals surface area (Å²) in [5.41, 5.74) is 0.635. The van der Waals surface area contributed by atoms with E-state index in [1.807, 2.05) is 19.1 Å². The van der Waals surface area contributed by atoms with Crippen molar-refractivity contribution in [3.05, 3.63) is 29.8 Å². The van der Waals surface area contributed by atoms with Crippen molar-refractivity contribution in [2.75, 3.05) is 40.5 Å². The summed E-state index contributed by atoms with van der Waals surface area (Å²) < 4.78 is 10.2. The SMILES string of the molecule is CCN(CCOC)CC(=O)c1ccccc1OC. The summed E-state index contributed by atoms with van der Waals surface area (Å²) >= 11 is 0. The molecule has 0 bridgehead atoms. The zero-order valence-corrected chi connectivity index (χ0v) is 11.3. The third-order valence-corrected chi connectivity index (χ3v) is 2.83. The summed E-state index contributed by atoms with van der Waals surface area (Å²) in [5.74, 6) is 0.704. The van der Waals surface area contributed by atoms with E-state index in [1.165, 1.54) is 0 Å². The number of nitrogens with zero attached hydrogens (tertiary/aromatic N) is 1. The number of rotatable bonds is 8. The Morgan fingerprint density at radius 2 is 2.00 bits per heavy atom. The Labute approximate surface area is 108 Å². The molecule has 0 amide bonds. The Hall–Kier alpha value is -1.39. The number of benzene rings is 1. The van der Waals surface area contributed by atoms with Gasteiger partial charge in [0, 0.05) is 13.7 Å². The maximum atomic E-state index is 12.2. The van der Waals surface area contributed by atoms with Gasteiger partial charge in [0.25, 0.3) is 0 Å². The third kappa shape index (κ3) is 4.13. The lowest BCUT2D eigenvalue weighted by molar-refractivity contribution is 0.0899. The van der Waals surface area contributed by atoms with Crippen molar-refractivity contribution in [3.8, 4) is 5.75 Å². The first kappa shape index (κ1) is 14.7. The molecule has 0 heterocycles. The molecule has 0 spiro atoms. The Morgan fingerprint density at radius 1 is 1.28 bits per heavy atom. The fourth-order valence-corrected chi connectivity index (χ4v) is 1.73. The number of hydrogen-bond donors (Lipinski definition) is 0. The molecule has 0 aliphatic carbocycles. The number of ketones is 1. The number of hydrogen-bond acceptors (Lipinski definition) is 4. The number of likely N-dealkylation sites (N-methyl/N-ethyl adjacent to an activating group) is 1. The van der Waals surface area contributed by atoms with E-state index >= 15 is 0 Å². The summed E-state index contributed by atoms with van der Waals surface area (Å²) in [4.78, 5) is 14.2. The number of Topliss-reactive ketones (excluding diaryl/α,β-unsaturated/α-hetero) is 1. The zero-order chi connectivity index (χ0) is 13.4. The van der Waals surface area contributed by atoms with Gasteiger partial charge in [0.15, 0.2) is 5.78 Å². The Balaban J connectivity index is 2.68. The molecule has 4 nitrogen and oxygen atoms in total. The molecular weight excluding hydrogens is 230 g/mol. The van der Waals surface area contributed by atoms with Crippen molar-refractivity contribution < 1.29 is 14.3 Å². The van der Waals surface area contributed by atoms with E-state index in [1.54, 1.807) is 26.4 Å². The predicted octanol–water partition coefficient (Wildman–Crippen LogP) is 1.85. The number of carbonyl (C=O) groups is 1. The topological polar surface area (TPSA) is 38.8 Å². The van der Waals surface area contributed by atoms with Crippen LogP contribution >= 0.6 is 0 Å². The van der Waals surface area contributed by atoms with Gasteiger partial charge < -0.3 is 9.47 Å². The molecule has 1 rings (SSSR count). The number of ether oxygens (including phenoxy) is 2. The molecule has 0 aromatic heterocycles. The van der Waals surface area contributed by atoms with E-state index in [2.05, 4.69) is 4.90 Å². The molecule has 1 aromatic rings. The van der Waals surface area contributed by atoms with Crippen molar-refractivity contribution in [2.45, 2.75) is 6.92 Å². The van der Waals surface area contributed by atoms with Gasteiger partial charge in [-0.2, -0.15) is 0 Å². The van der Waals surface area contributed by atoms with Gasteiger partial charge >= 0.3 is 0 Å². The molecule has 0 N–H and O–H groups in total. The lowest BCUT2D eigenvalue weighted by Gasteiger charge is -2.19. The van der Waals surface area contributed by atoms with Gasteiger partial charge in [0.1, 0.15) is 5.75 Å². The monoisotopic (exact) mass is 251 g/mol. The molecule has 100 valence electrons. The molecule has 0 radical (unpaired) electrons. The molecule has 0 saturated heterocycles. The molecule has 0 aliphatic rings. The molecule has 0 unspecified atom stereocenters. The van der Waals surface area contributed by atoms with Crippen LogP contribution in [0.1, 0.15) is 17.3 Å². The van der Waals surface area contributed by atoms with Crippen molar-refractivity contribution in [1.82, 2.24) is 4.90 Å². The fraction of sp³-hybridized carbons (Fsp3) is 0.500. The van der Waals surface area contributed by atoms with Crippen LogP contribution < -0.4 is 4.74 Å². The minimum atomic E-state index is 0.0744. The van der Waals surface area contributed by atoms with E-state index in [9.17, 15) is 4.79 Å². The van der Waals surface area contributed by atoms with Gasteiger partial charge in [-0.25, -0.2) is 0 Å². The molecule has 1 aromatic carbocycles. The van der Waals surface area contributed by atoms with Crippen LogP contribution in [0.4, 0.5) is 0 Å². The Morgan fingerprint density at radius 3 is 2.61 bits per heavy atom. The van der Waals surface area contributed by atoms with Crippen molar-refractivity contribution in [2.24, 2.45) is 0 Å². The lowest BCUT2D eigenvalue weighted by Crippen LogP contribution is -2.32. The van der Waals surface area contributed by atoms with Crippen LogP contribution in [-0.4, -0.2) is 51.1 Å². The van der Waals surface area contributed by atoms with Gasteiger partial charge in [0.05, 0.1) is 25.8 Å². The molecule has 18 heavy (non-hydrogen) atoms. The Bertz CT molecular complexity index is 379. The van der Waals surface area contributed by atoms with Crippen LogP contribution in [0.5, 0.6) is 5.75 Å². The van der Waals surface area contributed by atoms with Crippen LogP contribution in [0.25, 0.3) is 0 Å². The zero-order valence-electron chi connectivity index (χ0n) is 11.3. The maximum absolute atomic E-state index is 12.2. The molecule has 0 saturated carbocycles. The molecule has 4 heteroatoms. The first-order valence-corrected chi connectivity index (χ1v) is 6.10. The second kappa shape index (κ2) is 7.84. The van der Waals surface area contributed by atoms with E-state index in [0.29, 0.717) is 24.5 Å². The van der Waals surface area contributed by atoms with Gasteiger partial charge in [0.2, 0.25) is 0 Å². The Kier molecular flexibility index (Phi) is 6.39. The predicted molar refractivity (Wildman–Crippen MR) is 71.3 cm³/mol. The average molecular weight is 251 g/mol. The molecular formula is C14H21NO3. The normalized spacial score (nSPS) is 10.7. The summed E-state index contributed by atoms with van der Waals surface area (Å²) in [5, 5.41) is 0. The highest BCUT2D eigenvalue weighted by Crippen LogP contribution is 2.18. The number of methoxy groups -OCH3 is 2. The van der Waals surface area contributed by atoms with Gasteiger partial charge in [-0.05, 0) is 18.7 Å². The minimum absolute atomic E-state index is 0.0744. The van der Waals surface area contributed by atoms with Crippen LogP contribution in [0.3, 0.4) is 0 Å². The highest BCUT2D eigenvalue weighted by atomic mass is 16.5. The van der Waals surface area contributed by atoms with Gasteiger partial charge in [-0.15, -0.1) is 0 Å². The minimum Gasteiger partial charge on any atom is -0.496 e. The summed E-state index contributed by atoms with van der Waals surface area (Å²) in [6.45, 7) is 4.64.